The molecule has 1 aliphatic rings. The van der Waals surface area contributed by atoms with E-state index in [9.17, 15) is 4.79 Å². The molecule has 0 aromatic rings. The zero-order valence-electron chi connectivity index (χ0n) is 9.08. The Kier molecular flexibility index (Phi) is 3.50. The monoisotopic (exact) mass is 201 g/mol. The van der Waals surface area contributed by atoms with Crippen molar-refractivity contribution in [2.75, 3.05) is 0 Å². The molecule has 1 fully saturated rings. The van der Waals surface area contributed by atoms with Crippen molar-refractivity contribution in [3.05, 3.63) is 0 Å². The van der Waals surface area contributed by atoms with Crippen molar-refractivity contribution in [3.63, 3.8) is 0 Å². The lowest BCUT2D eigenvalue weighted by molar-refractivity contribution is -0.169. The van der Waals surface area contributed by atoms with E-state index < -0.39 is 11.7 Å². The maximum absolute atomic E-state index is 11.5. The SMILES string of the molecule is CC(C)(C)OC(=O)C(CC1CC1)ON. The normalized spacial score (nSPS) is 19.1. The highest BCUT2D eigenvalue weighted by Gasteiger charge is 2.32. The second kappa shape index (κ2) is 4.28. The number of carbonyl (C=O) groups excluding carboxylic acids is 1. The van der Waals surface area contributed by atoms with Crippen molar-refractivity contribution >= 4 is 5.97 Å². The summed E-state index contributed by atoms with van der Waals surface area (Å²) in [5, 5.41) is 0. The van der Waals surface area contributed by atoms with Gasteiger partial charge in [-0.2, -0.15) is 0 Å². The Balaban J connectivity index is 2.38. The molecule has 0 spiro atoms. The van der Waals surface area contributed by atoms with E-state index in [2.05, 4.69) is 4.84 Å². The second-order valence-corrected chi connectivity index (χ2v) is 4.84. The minimum atomic E-state index is -0.596. The number of nitrogens with two attached hydrogens (primary N) is 1. The molecule has 1 aliphatic carbocycles. The third-order valence-corrected chi connectivity index (χ3v) is 2.08. The van der Waals surface area contributed by atoms with Gasteiger partial charge >= 0.3 is 5.97 Å². The van der Waals surface area contributed by atoms with Crippen LogP contribution in [0.5, 0.6) is 0 Å². The van der Waals surface area contributed by atoms with Gasteiger partial charge in [-0.05, 0) is 33.1 Å². The summed E-state index contributed by atoms with van der Waals surface area (Å²) >= 11 is 0. The van der Waals surface area contributed by atoms with Crippen LogP contribution >= 0.6 is 0 Å². The van der Waals surface area contributed by atoms with Gasteiger partial charge in [0.25, 0.3) is 0 Å². The van der Waals surface area contributed by atoms with Crippen molar-refractivity contribution in [2.45, 2.75) is 51.7 Å². The van der Waals surface area contributed by atoms with Crippen LogP contribution in [0.3, 0.4) is 0 Å². The van der Waals surface area contributed by atoms with Gasteiger partial charge in [0.1, 0.15) is 5.60 Å². The quantitative estimate of drug-likeness (QED) is 0.551. The predicted molar refractivity (Wildman–Crippen MR) is 52.2 cm³/mol. The van der Waals surface area contributed by atoms with Crippen LogP contribution in [0, 0.1) is 5.92 Å². The van der Waals surface area contributed by atoms with Gasteiger partial charge in [-0.3, -0.25) is 4.84 Å². The summed E-state index contributed by atoms with van der Waals surface area (Å²) in [7, 11) is 0. The van der Waals surface area contributed by atoms with Gasteiger partial charge in [0, 0.05) is 0 Å². The van der Waals surface area contributed by atoms with Crippen LogP contribution in [0.2, 0.25) is 0 Å². The van der Waals surface area contributed by atoms with E-state index in [0.29, 0.717) is 12.3 Å². The maximum atomic E-state index is 11.5. The first kappa shape index (κ1) is 11.5. The number of hydrogen-bond donors (Lipinski definition) is 1. The summed E-state index contributed by atoms with van der Waals surface area (Å²) in [6, 6.07) is 0. The number of carbonyl (C=O) groups is 1. The minimum absolute atomic E-state index is 0.355. The van der Waals surface area contributed by atoms with Crippen molar-refractivity contribution < 1.29 is 14.4 Å². The van der Waals surface area contributed by atoms with Gasteiger partial charge in [-0.25, -0.2) is 10.7 Å². The van der Waals surface area contributed by atoms with Gasteiger partial charge in [0.15, 0.2) is 6.10 Å². The van der Waals surface area contributed by atoms with Gasteiger partial charge < -0.3 is 4.74 Å². The molecule has 0 radical (unpaired) electrons. The molecular weight excluding hydrogens is 182 g/mol. The van der Waals surface area contributed by atoms with Crippen LogP contribution < -0.4 is 5.90 Å². The fourth-order valence-corrected chi connectivity index (χ4v) is 1.23. The van der Waals surface area contributed by atoms with Crippen LogP contribution in [-0.4, -0.2) is 17.7 Å². The summed E-state index contributed by atoms with van der Waals surface area (Å²) < 4.78 is 5.18. The highest BCUT2D eigenvalue weighted by atomic mass is 16.7. The zero-order chi connectivity index (χ0) is 10.8. The third-order valence-electron chi connectivity index (χ3n) is 2.08. The number of rotatable bonds is 4. The van der Waals surface area contributed by atoms with Crippen molar-refractivity contribution in [2.24, 2.45) is 11.8 Å². The Labute approximate surface area is 84.7 Å². The van der Waals surface area contributed by atoms with E-state index in [4.69, 9.17) is 10.6 Å². The van der Waals surface area contributed by atoms with E-state index in [1.165, 1.54) is 12.8 Å². The maximum Gasteiger partial charge on any atom is 0.337 e. The van der Waals surface area contributed by atoms with E-state index in [1.807, 2.05) is 20.8 Å². The molecule has 1 rings (SSSR count). The Bertz CT molecular complexity index is 206. The molecule has 1 atom stereocenters. The standard InChI is InChI=1S/C10H19NO3/c1-10(2,3)13-9(12)8(14-11)6-7-4-5-7/h7-8H,4-6,11H2,1-3H3. The molecule has 4 nitrogen and oxygen atoms in total. The lowest BCUT2D eigenvalue weighted by Crippen LogP contribution is -2.35. The van der Waals surface area contributed by atoms with Gasteiger partial charge in [0.05, 0.1) is 0 Å². The van der Waals surface area contributed by atoms with Crippen molar-refractivity contribution in [1.82, 2.24) is 0 Å². The average Bonchev–Trinajstić information content (AvgIpc) is 2.79. The molecule has 1 saturated carbocycles. The molecule has 0 amide bonds. The molecule has 0 aromatic carbocycles. The zero-order valence-corrected chi connectivity index (χ0v) is 9.08. The van der Waals surface area contributed by atoms with Crippen LogP contribution in [0.1, 0.15) is 40.0 Å². The molecule has 1 unspecified atom stereocenters. The Hall–Kier alpha value is -0.610. The molecule has 2 N–H and O–H groups in total. The van der Waals surface area contributed by atoms with E-state index >= 15 is 0 Å². The molecule has 0 heterocycles. The van der Waals surface area contributed by atoms with Gasteiger partial charge in [-0.1, -0.05) is 12.8 Å². The Morgan fingerprint density at radius 1 is 1.50 bits per heavy atom. The molecule has 4 heteroatoms. The topological polar surface area (TPSA) is 61.5 Å². The number of hydrogen-bond acceptors (Lipinski definition) is 4. The first-order valence-electron chi connectivity index (χ1n) is 5.01. The van der Waals surface area contributed by atoms with Crippen LogP contribution in [0.4, 0.5) is 0 Å². The Morgan fingerprint density at radius 2 is 2.07 bits per heavy atom. The van der Waals surface area contributed by atoms with E-state index in [1.54, 1.807) is 0 Å². The third kappa shape index (κ3) is 4.07. The van der Waals surface area contributed by atoms with E-state index in [0.717, 1.165) is 0 Å². The summed E-state index contributed by atoms with van der Waals surface area (Å²) in [5.74, 6) is 5.31. The first-order chi connectivity index (χ1) is 6.42. The van der Waals surface area contributed by atoms with Crippen molar-refractivity contribution in [1.29, 1.82) is 0 Å². The summed E-state index contributed by atoms with van der Waals surface area (Å²) in [6.45, 7) is 5.49. The molecule has 0 saturated heterocycles. The fraction of sp³-hybridized carbons (Fsp3) is 0.900. The van der Waals surface area contributed by atoms with Crippen LogP contribution in [0.25, 0.3) is 0 Å². The van der Waals surface area contributed by atoms with Gasteiger partial charge in [0.2, 0.25) is 0 Å². The first-order valence-corrected chi connectivity index (χ1v) is 5.01. The fourth-order valence-electron chi connectivity index (χ4n) is 1.23. The molecule has 14 heavy (non-hydrogen) atoms. The number of ether oxygens (including phenoxy) is 1. The largest absolute Gasteiger partial charge is 0.458 e. The van der Waals surface area contributed by atoms with Crippen molar-refractivity contribution in [3.8, 4) is 0 Å². The molecular formula is C10H19NO3. The predicted octanol–water partition coefficient (Wildman–Crippen LogP) is 1.39. The Morgan fingerprint density at radius 3 is 2.43 bits per heavy atom. The number of esters is 1. The highest BCUT2D eigenvalue weighted by molar-refractivity contribution is 5.75. The summed E-state index contributed by atoms with van der Waals surface area (Å²) in [4.78, 5) is 16.2. The second-order valence-electron chi connectivity index (χ2n) is 4.84. The molecule has 82 valence electrons. The minimum Gasteiger partial charge on any atom is -0.458 e. The lowest BCUT2D eigenvalue weighted by Gasteiger charge is -2.22. The summed E-state index contributed by atoms with van der Waals surface area (Å²) in [5.41, 5.74) is -0.475. The molecule has 0 bridgehead atoms. The van der Waals surface area contributed by atoms with E-state index in [-0.39, 0.29) is 5.97 Å². The van der Waals surface area contributed by atoms with Crippen LogP contribution in [0.15, 0.2) is 0 Å². The smallest absolute Gasteiger partial charge is 0.337 e. The van der Waals surface area contributed by atoms with Gasteiger partial charge in [-0.15, -0.1) is 0 Å². The molecule has 0 aliphatic heterocycles. The van der Waals surface area contributed by atoms with Crippen LogP contribution in [-0.2, 0) is 14.4 Å². The molecule has 0 aromatic heterocycles. The average molecular weight is 201 g/mol. The lowest BCUT2D eigenvalue weighted by atomic mass is 10.1. The highest BCUT2D eigenvalue weighted by Crippen LogP contribution is 2.34. The summed E-state index contributed by atoms with van der Waals surface area (Å²) in [6.07, 6.45) is 2.43.